The quantitative estimate of drug-likeness (QED) is 0.763. The molecule has 0 amide bonds. The molecule has 2 aromatic rings. The third-order valence-corrected chi connectivity index (χ3v) is 2.45. The molecule has 4 heteroatoms. The number of hydrogen-bond acceptors (Lipinski definition) is 1. The minimum absolute atomic E-state index is 0.369. The lowest BCUT2D eigenvalue weighted by molar-refractivity contribution is 0.252. The molecule has 0 saturated heterocycles. The van der Waals surface area contributed by atoms with Gasteiger partial charge in [0.2, 0.25) is 0 Å². The van der Waals surface area contributed by atoms with E-state index in [0.29, 0.717) is 17.9 Å². The van der Waals surface area contributed by atoms with Gasteiger partial charge < -0.3 is 4.74 Å². The second-order valence-electron chi connectivity index (χ2n) is 3.76. The average molecular weight is 262 g/mol. The minimum Gasteiger partial charge on any atom is -0.473 e. The van der Waals surface area contributed by atoms with Gasteiger partial charge in [0, 0.05) is 12.1 Å². The van der Waals surface area contributed by atoms with Gasteiger partial charge in [-0.2, -0.15) is 0 Å². The first-order chi connectivity index (χ1) is 9.11. The van der Waals surface area contributed by atoms with Crippen molar-refractivity contribution in [1.82, 2.24) is 0 Å². The van der Waals surface area contributed by atoms with Gasteiger partial charge in [0.25, 0.3) is 0 Å². The summed E-state index contributed by atoms with van der Waals surface area (Å²) in [4.78, 5) is 0. The number of ether oxygens (including phenoxy) is 1. The number of terminal acetylenes is 1. The van der Waals surface area contributed by atoms with Crippen molar-refractivity contribution in [2.75, 3.05) is 0 Å². The highest BCUT2D eigenvalue weighted by molar-refractivity contribution is 5.31. The van der Waals surface area contributed by atoms with E-state index in [1.807, 2.05) is 0 Å². The van der Waals surface area contributed by atoms with E-state index in [-0.39, 0.29) is 0 Å². The molecule has 0 spiro atoms. The molecule has 0 fully saturated rings. The van der Waals surface area contributed by atoms with E-state index in [1.54, 1.807) is 30.3 Å². The van der Waals surface area contributed by atoms with Gasteiger partial charge >= 0.3 is 0 Å². The molecular weight excluding hydrogens is 253 g/mol. The SMILES string of the molecule is C#CC(Oc1ccccc1)c1c(F)cc(F)cc1F. The van der Waals surface area contributed by atoms with Gasteiger partial charge in [-0.1, -0.05) is 24.1 Å². The fourth-order valence-electron chi connectivity index (χ4n) is 1.62. The van der Waals surface area contributed by atoms with Crippen molar-refractivity contribution in [2.45, 2.75) is 6.10 Å². The molecule has 2 aromatic carbocycles. The standard InChI is InChI=1S/C15H9F3O/c1-2-14(19-11-6-4-3-5-7-11)15-12(17)8-10(16)9-13(15)18/h1,3-9,14H. The molecule has 1 nitrogen and oxygen atoms in total. The van der Waals surface area contributed by atoms with Crippen LogP contribution in [0, 0.1) is 29.8 Å². The minimum atomic E-state index is -1.26. The average Bonchev–Trinajstić information content (AvgIpc) is 2.37. The molecule has 96 valence electrons. The molecule has 0 aliphatic heterocycles. The summed E-state index contributed by atoms with van der Waals surface area (Å²) < 4.78 is 45.3. The Bertz CT molecular complexity index is 594. The highest BCUT2D eigenvalue weighted by Crippen LogP contribution is 2.26. The first kappa shape index (κ1) is 13.0. The molecule has 0 radical (unpaired) electrons. The van der Waals surface area contributed by atoms with Gasteiger partial charge in [-0.25, -0.2) is 13.2 Å². The van der Waals surface area contributed by atoms with Gasteiger partial charge in [0.05, 0.1) is 5.56 Å². The van der Waals surface area contributed by atoms with E-state index >= 15 is 0 Å². The lowest BCUT2D eigenvalue weighted by Gasteiger charge is -2.15. The van der Waals surface area contributed by atoms with Crippen molar-refractivity contribution in [2.24, 2.45) is 0 Å². The topological polar surface area (TPSA) is 9.23 Å². The number of para-hydroxylation sites is 1. The Labute approximate surface area is 108 Å². The highest BCUT2D eigenvalue weighted by Gasteiger charge is 2.21. The van der Waals surface area contributed by atoms with Crippen LogP contribution in [0.5, 0.6) is 5.75 Å². The summed E-state index contributed by atoms with van der Waals surface area (Å²) in [6.45, 7) is 0. The first-order valence-corrected chi connectivity index (χ1v) is 5.44. The molecule has 0 aliphatic carbocycles. The Hall–Kier alpha value is -2.41. The van der Waals surface area contributed by atoms with Crippen molar-refractivity contribution in [1.29, 1.82) is 0 Å². The highest BCUT2D eigenvalue weighted by atomic mass is 19.1. The van der Waals surface area contributed by atoms with Crippen LogP contribution >= 0.6 is 0 Å². The van der Waals surface area contributed by atoms with Crippen molar-refractivity contribution in [3.63, 3.8) is 0 Å². The van der Waals surface area contributed by atoms with Crippen LogP contribution < -0.4 is 4.74 Å². The molecule has 0 bridgehead atoms. The van der Waals surface area contributed by atoms with Crippen LogP contribution in [0.25, 0.3) is 0 Å². The van der Waals surface area contributed by atoms with E-state index in [1.165, 1.54) is 0 Å². The lowest BCUT2D eigenvalue weighted by Crippen LogP contribution is -2.10. The molecular formula is C15H9F3O. The van der Waals surface area contributed by atoms with Gasteiger partial charge in [-0.3, -0.25) is 0 Å². The van der Waals surface area contributed by atoms with Gasteiger partial charge in [-0.05, 0) is 12.1 Å². The Morgan fingerprint density at radius 2 is 1.58 bits per heavy atom. The van der Waals surface area contributed by atoms with Crippen LogP contribution in [0.2, 0.25) is 0 Å². The van der Waals surface area contributed by atoms with Crippen molar-refractivity contribution in [3.8, 4) is 18.1 Å². The van der Waals surface area contributed by atoms with Crippen molar-refractivity contribution < 1.29 is 17.9 Å². The Morgan fingerprint density at radius 3 is 2.11 bits per heavy atom. The third kappa shape index (κ3) is 2.89. The number of halogens is 3. The first-order valence-electron chi connectivity index (χ1n) is 5.44. The van der Waals surface area contributed by atoms with Crippen LogP contribution in [0.3, 0.4) is 0 Å². The summed E-state index contributed by atoms with van der Waals surface area (Å²) >= 11 is 0. The number of benzene rings is 2. The largest absolute Gasteiger partial charge is 0.473 e. The second kappa shape index (κ2) is 5.49. The Balaban J connectivity index is 2.36. The molecule has 0 N–H and O–H groups in total. The van der Waals surface area contributed by atoms with E-state index in [2.05, 4.69) is 5.92 Å². The predicted octanol–water partition coefficient (Wildman–Crippen LogP) is 3.86. The molecule has 1 atom stereocenters. The fraction of sp³-hybridized carbons (Fsp3) is 0.0667. The molecule has 0 aromatic heterocycles. The van der Waals surface area contributed by atoms with Crippen molar-refractivity contribution in [3.05, 3.63) is 65.5 Å². The monoisotopic (exact) mass is 262 g/mol. The molecule has 19 heavy (non-hydrogen) atoms. The molecule has 1 unspecified atom stereocenters. The zero-order valence-electron chi connectivity index (χ0n) is 9.74. The van der Waals surface area contributed by atoms with Gasteiger partial charge in [0.1, 0.15) is 23.2 Å². The smallest absolute Gasteiger partial charge is 0.189 e. The fourth-order valence-corrected chi connectivity index (χ4v) is 1.62. The number of hydrogen-bond donors (Lipinski definition) is 0. The third-order valence-electron chi connectivity index (χ3n) is 2.45. The maximum Gasteiger partial charge on any atom is 0.189 e. The Morgan fingerprint density at radius 1 is 1.00 bits per heavy atom. The Kier molecular flexibility index (Phi) is 3.76. The van der Waals surface area contributed by atoms with Crippen molar-refractivity contribution >= 4 is 0 Å². The van der Waals surface area contributed by atoms with Crippen LogP contribution in [0.15, 0.2) is 42.5 Å². The van der Waals surface area contributed by atoms with Crippen LogP contribution in [-0.4, -0.2) is 0 Å². The van der Waals surface area contributed by atoms with Crippen LogP contribution in [0.1, 0.15) is 11.7 Å². The molecule has 0 aliphatic rings. The summed E-state index contributed by atoms with van der Waals surface area (Å²) in [7, 11) is 0. The van der Waals surface area contributed by atoms with E-state index in [4.69, 9.17) is 11.2 Å². The van der Waals surface area contributed by atoms with E-state index < -0.39 is 29.1 Å². The van der Waals surface area contributed by atoms with E-state index in [9.17, 15) is 13.2 Å². The summed E-state index contributed by atoms with van der Waals surface area (Å²) in [5.74, 6) is -0.639. The maximum atomic E-state index is 13.6. The summed E-state index contributed by atoms with van der Waals surface area (Å²) in [5, 5.41) is 0. The molecule has 0 heterocycles. The molecule has 0 saturated carbocycles. The van der Waals surface area contributed by atoms with E-state index in [0.717, 1.165) is 0 Å². The number of rotatable bonds is 3. The van der Waals surface area contributed by atoms with Crippen LogP contribution in [-0.2, 0) is 0 Å². The molecule has 2 rings (SSSR count). The van der Waals surface area contributed by atoms with Gasteiger partial charge in [0.15, 0.2) is 6.10 Å². The second-order valence-corrected chi connectivity index (χ2v) is 3.76. The zero-order valence-corrected chi connectivity index (χ0v) is 9.74. The summed E-state index contributed by atoms with van der Waals surface area (Å²) in [5.41, 5.74) is -0.479. The lowest BCUT2D eigenvalue weighted by atomic mass is 10.1. The van der Waals surface area contributed by atoms with Gasteiger partial charge in [-0.15, -0.1) is 6.42 Å². The maximum absolute atomic E-state index is 13.6. The summed E-state index contributed by atoms with van der Waals surface area (Å²) in [6.07, 6.45) is 3.97. The normalized spacial score (nSPS) is 11.7. The van der Waals surface area contributed by atoms with Crippen LogP contribution in [0.4, 0.5) is 13.2 Å². The summed E-state index contributed by atoms with van der Waals surface area (Å²) in [6, 6.07) is 9.49. The zero-order chi connectivity index (χ0) is 13.8. The predicted molar refractivity (Wildman–Crippen MR) is 65.0 cm³/mol.